The summed E-state index contributed by atoms with van der Waals surface area (Å²) < 4.78 is 13.6. The molecule has 3 aromatic carbocycles. The van der Waals surface area contributed by atoms with Crippen LogP contribution in [0.15, 0.2) is 66.7 Å². The third-order valence-electron chi connectivity index (χ3n) is 6.60. The highest BCUT2D eigenvalue weighted by Crippen LogP contribution is 2.34. The molecule has 4 aromatic rings. The normalized spacial score (nSPS) is 15.8. The van der Waals surface area contributed by atoms with E-state index >= 15 is 0 Å². The Morgan fingerprint density at radius 2 is 1.82 bits per heavy atom. The van der Waals surface area contributed by atoms with Crippen molar-refractivity contribution >= 4 is 22.6 Å². The summed E-state index contributed by atoms with van der Waals surface area (Å²) in [5.74, 6) is 2.65. The zero-order valence-electron chi connectivity index (χ0n) is 19.8. The lowest BCUT2D eigenvalue weighted by Crippen LogP contribution is -2.24. The number of methoxy groups -OCH3 is 1. The summed E-state index contributed by atoms with van der Waals surface area (Å²) in [5.41, 5.74) is 5.33. The van der Waals surface area contributed by atoms with Crippen LogP contribution in [0.1, 0.15) is 29.3 Å². The lowest BCUT2D eigenvalue weighted by atomic mass is 10.1. The Morgan fingerprint density at radius 1 is 0.971 bits per heavy atom. The molecule has 0 bridgehead atoms. The second-order valence-corrected chi connectivity index (χ2v) is 8.81. The number of rotatable bonds is 7. The molecule has 0 N–H and O–H groups in total. The molecule has 34 heavy (non-hydrogen) atoms. The number of carbonyl (C=O) groups is 1. The smallest absolute Gasteiger partial charge is 0.227 e. The molecule has 0 radical (unpaired) electrons. The quantitative estimate of drug-likeness (QED) is 0.381. The fourth-order valence-corrected chi connectivity index (χ4v) is 4.61. The molecule has 0 saturated carbocycles. The van der Waals surface area contributed by atoms with E-state index in [0.717, 1.165) is 34.0 Å². The first-order valence-electron chi connectivity index (χ1n) is 11.6. The number of nitrogens with zero attached hydrogens (tertiary/aromatic N) is 3. The molecule has 1 aliphatic rings. The molecule has 174 valence electrons. The average molecular weight is 456 g/mol. The highest BCUT2D eigenvalue weighted by molar-refractivity contribution is 5.96. The van der Waals surface area contributed by atoms with Crippen LogP contribution in [0.5, 0.6) is 11.5 Å². The zero-order chi connectivity index (χ0) is 23.7. The van der Waals surface area contributed by atoms with Crippen molar-refractivity contribution in [1.29, 1.82) is 0 Å². The van der Waals surface area contributed by atoms with Crippen molar-refractivity contribution in [2.45, 2.75) is 32.7 Å². The summed E-state index contributed by atoms with van der Waals surface area (Å²) in [6.45, 7) is 5.96. The van der Waals surface area contributed by atoms with Crippen LogP contribution < -0.4 is 14.4 Å². The van der Waals surface area contributed by atoms with Crippen LogP contribution in [-0.4, -0.2) is 35.7 Å². The van der Waals surface area contributed by atoms with Crippen LogP contribution in [0.3, 0.4) is 0 Å². The largest absolute Gasteiger partial charge is 0.497 e. The number of hydrogen-bond donors (Lipinski definition) is 0. The Morgan fingerprint density at radius 3 is 2.65 bits per heavy atom. The van der Waals surface area contributed by atoms with Gasteiger partial charge >= 0.3 is 0 Å². The van der Waals surface area contributed by atoms with Gasteiger partial charge < -0.3 is 18.9 Å². The first kappa shape index (κ1) is 22.0. The van der Waals surface area contributed by atoms with Gasteiger partial charge in [-0.05, 0) is 61.4 Å². The van der Waals surface area contributed by atoms with Gasteiger partial charge in [-0.15, -0.1) is 0 Å². The number of imidazole rings is 1. The second-order valence-electron chi connectivity index (χ2n) is 8.81. The monoisotopic (exact) mass is 455 g/mol. The molecule has 1 amide bonds. The topological polar surface area (TPSA) is 56.6 Å². The fraction of sp³-hybridized carbons (Fsp3) is 0.286. The van der Waals surface area contributed by atoms with Crippen molar-refractivity contribution in [3.05, 3.63) is 83.7 Å². The maximum Gasteiger partial charge on any atom is 0.227 e. The minimum Gasteiger partial charge on any atom is -0.497 e. The molecule has 1 atom stereocenters. The summed E-state index contributed by atoms with van der Waals surface area (Å²) in [5, 5.41) is 0. The van der Waals surface area contributed by atoms with Crippen LogP contribution >= 0.6 is 0 Å². The van der Waals surface area contributed by atoms with E-state index in [-0.39, 0.29) is 11.8 Å². The molecule has 2 heterocycles. The first-order valence-corrected chi connectivity index (χ1v) is 11.6. The Labute approximate surface area is 199 Å². The van der Waals surface area contributed by atoms with Crippen LogP contribution in [0, 0.1) is 13.8 Å². The van der Waals surface area contributed by atoms with Crippen LogP contribution in [0.4, 0.5) is 5.69 Å². The molecular weight excluding hydrogens is 426 g/mol. The number of aryl methyl sites for hydroxylation is 2. The third-order valence-corrected chi connectivity index (χ3v) is 6.60. The number of carbonyl (C=O) groups excluding carboxylic acids is 1. The summed E-state index contributed by atoms with van der Waals surface area (Å²) >= 11 is 0. The van der Waals surface area contributed by atoms with Crippen LogP contribution in [-0.2, 0) is 11.3 Å². The third kappa shape index (κ3) is 4.23. The number of ether oxygens (including phenoxy) is 2. The predicted molar refractivity (Wildman–Crippen MR) is 134 cm³/mol. The summed E-state index contributed by atoms with van der Waals surface area (Å²) in [7, 11) is 1.63. The number of aromatic nitrogens is 2. The molecule has 5 rings (SSSR count). The number of para-hydroxylation sites is 2. The number of amides is 1. The lowest BCUT2D eigenvalue weighted by molar-refractivity contribution is -0.117. The van der Waals surface area contributed by atoms with Crippen molar-refractivity contribution in [2.75, 3.05) is 25.2 Å². The van der Waals surface area contributed by atoms with Gasteiger partial charge in [0.1, 0.15) is 23.9 Å². The van der Waals surface area contributed by atoms with Gasteiger partial charge in [-0.3, -0.25) is 4.79 Å². The molecule has 1 aliphatic heterocycles. The van der Waals surface area contributed by atoms with Gasteiger partial charge in [0.2, 0.25) is 5.91 Å². The highest BCUT2D eigenvalue weighted by Gasteiger charge is 2.35. The van der Waals surface area contributed by atoms with Crippen LogP contribution in [0.2, 0.25) is 0 Å². The zero-order valence-corrected chi connectivity index (χ0v) is 19.8. The van der Waals surface area contributed by atoms with E-state index in [1.54, 1.807) is 7.11 Å². The molecule has 0 aliphatic carbocycles. The van der Waals surface area contributed by atoms with Gasteiger partial charge in [0.25, 0.3) is 0 Å². The Kier molecular flexibility index (Phi) is 5.97. The first-order chi connectivity index (χ1) is 16.5. The summed E-state index contributed by atoms with van der Waals surface area (Å²) in [6.07, 6.45) is 0.429. The van der Waals surface area contributed by atoms with Crippen molar-refractivity contribution in [2.24, 2.45) is 0 Å². The molecule has 6 nitrogen and oxygen atoms in total. The molecule has 1 aromatic heterocycles. The second kappa shape index (κ2) is 9.21. The summed E-state index contributed by atoms with van der Waals surface area (Å²) in [6, 6.07) is 21.9. The molecular formula is C28H29N3O3. The van der Waals surface area contributed by atoms with Crippen molar-refractivity contribution in [1.82, 2.24) is 9.55 Å². The van der Waals surface area contributed by atoms with E-state index in [1.165, 1.54) is 11.1 Å². The van der Waals surface area contributed by atoms with Gasteiger partial charge in [0.05, 0.1) is 24.7 Å². The Hall–Kier alpha value is -3.80. The fourth-order valence-electron chi connectivity index (χ4n) is 4.61. The van der Waals surface area contributed by atoms with E-state index in [9.17, 15) is 4.79 Å². The maximum atomic E-state index is 13.0. The summed E-state index contributed by atoms with van der Waals surface area (Å²) in [4.78, 5) is 19.7. The van der Waals surface area contributed by atoms with E-state index < -0.39 is 0 Å². The van der Waals surface area contributed by atoms with Gasteiger partial charge in [0, 0.05) is 30.6 Å². The van der Waals surface area contributed by atoms with E-state index in [0.29, 0.717) is 26.1 Å². The van der Waals surface area contributed by atoms with E-state index in [4.69, 9.17) is 14.5 Å². The lowest BCUT2D eigenvalue weighted by Gasteiger charge is -2.18. The number of benzene rings is 3. The van der Waals surface area contributed by atoms with Gasteiger partial charge in [0.15, 0.2) is 0 Å². The van der Waals surface area contributed by atoms with Crippen molar-refractivity contribution in [3.8, 4) is 11.5 Å². The number of hydrogen-bond acceptors (Lipinski definition) is 4. The maximum absolute atomic E-state index is 13.0. The van der Waals surface area contributed by atoms with E-state index in [2.05, 4.69) is 36.6 Å². The minimum atomic E-state index is 0.00715. The van der Waals surface area contributed by atoms with Gasteiger partial charge in [-0.25, -0.2) is 4.98 Å². The molecule has 1 fully saturated rings. The minimum absolute atomic E-state index is 0.00715. The molecule has 0 unspecified atom stereocenters. The van der Waals surface area contributed by atoms with Crippen LogP contribution in [0.25, 0.3) is 11.0 Å². The van der Waals surface area contributed by atoms with Crippen molar-refractivity contribution in [3.63, 3.8) is 0 Å². The molecule has 1 saturated heterocycles. The molecule has 0 spiro atoms. The number of fused-ring (bicyclic) bond motifs is 1. The average Bonchev–Trinajstić information content (AvgIpc) is 3.42. The standard InChI is InChI=1S/C28H29N3O3/c1-19-11-12-24(15-20(19)2)34-14-13-30-26-10-5-4-9-25(26)29-28(30)21-16-27(32)31(18-21)22-7-6-8-23(17-22)33-3/h4-12,15,17,21H,13-14,16,18H2,1-3H3/t21-/m1/s1. The highest BCUT2D eigenvalue weighted by atomic mass is 16.5. The van der Waals surface area contributed by atoms with Crippen molar-refractivity contribution < 1.29 is 14.3 Å². The predicted octanol–water partition coefficient (Wildman–Crippen LogP) is 5.26. The van der Waals surface area contributed by atoms with Gasteiger partial charge in [-0.1, -0.05) is 24.3 Å². The van der Waals surface area contributed by atoms with Gasteiger partial charge in [-0.2, -0.15) is 0 Å². The Bertz CT molecular complexity index is 1340. The van der Waals surface area contributed by atoms with E-state index in [1.807, 2.05) is 53.4 Å². The number of anilines is 1. The Balaban J connectivity index is 1.39. The molecule has 6 heteroatoms. The SMILES string of the molecule is COc1cccc(N2C[C@H](c3nc4ccccc4n3CCOc3ccc(C)c(C)c3)CC2=O)c1.